The van der Waals surface area contributed by atoms with Gasteiger partial charge >= 0.3 is 0 Å². The van der Waals surface area contributed by atoms with Gasteiger partial charge in [-0.25, -0.2) is 0 Å². The highest BCUT2D eigenvalue weighted by Crippen LogP contribution is 2.39. The Morgan fingerprint density at radius 3 is 2.41 bits per heavy atom. The van der Waals surface area contributed by atoms with Gasteiger partial charge in [-0.05, 0) is 69.3 Å². The first kappa shape index (κ1) is 21.8. The van der Waals surface area contributed by atoms with Crippen molar-refractivity contribution in [3.05, 3.63) is 29.3 Å². The van der Waals surface area contributed by atoms with Crippen LogP contribution in [-0.4, -0.2) is 73.1 Å². The van der Waals surface area contributed by atoms with E-state index in [4.69, 9.17) is 0 Å². The first-order chi connectivity index (χ1) is 15.3. The lowest BCUT2D eigenvalue weighted by Crippen LogP contribution is -2.57. The first-order valence-electron chi connectivity index (χ1n) is 11.5. The summed E-state index contributed by atoms with van der Waals surface area (Å²) in [6.45, 7) is 1.11. The van der Waals surface area contributed by atoms with Crippen molar-refractivity contribution in [3.63, 3.8) is 0 Å². The SMILES string of the molecule is CNC1CCN(S(=O)(=O)N2[C@@H]3CC[C@H]2C[C@@H](NC(=O)c2ccc4c(c2)CC(=O)N4)C3)CC1. The Balaban J connectivity index is 1.23. The van der Waals surface area contributed by atoms with Gasteiger partial charge < -0.3 is 16.0 Å². The van der Waals surface area contributed by atoms with Crippen molar-refractivity contribution in [3.8, 4) is 0 Å². The van der Waals surface area contributed by atoms with Crippen LogP contribution in [0.4, 0.5) is 5.69 Å². The van der Waals surface area contributed by atoms with Crippen molar-refractivity contribution in [2.45, 2.75) is 69.1 Å². The molecule has 10 heteroatoms. The Morgan fingerprint density at radius 2 is 1.75 bits per heavy atom. The first-order valence-corrected chi connectivity index (χ1v) is 12.9. The lowest BCUT2D eigenvalue weighted by Gasteiger charge is -2.42. The molecule has 174 valence electrons. The normalized spacial score (nSPS) is 29.0. The molecule has 0 radical (unpaired) electrons. The molecule has 4 heterocycles. The fourth-order valence-corrected chi connectivity index (χ4v) is 7.85. The van der Waals surface area contributed by atoms with Gasteiger partial charge in [0.05, 0.1) is 6.42 Å². The van der Waals surface area contributed by atoms with E-state index in [1.807, 2.05) is 7.05 Å². The predicted octanol–water partition coefficient (Wildman–Crippen LogP) is 0.835. The highest BCUT2D eigenvalue weighted by atomic mass is 32.2. The number of hydrogen-bond donors (Lipinski definition) is 3. The van der Waals surface area contributed by atoms with Gasteiger partial charge in [0, 0.05) is 48.5 Å². The molecule has 3 saturated heterocycles. The van der Waals surface area contributed by atoms with Gasteiger partial charge in [-0.3, -0.25) is 9.59 Å². The number of fused-ring (bicyclic) bond motifs is 3. The number of anilines is 1. The maximum atomic E-state index is 13.4. The third-order valence-corrected chi connectivity index (χ3v) is 9.60. The van der Waals surface area contributed by atoms with E-state index < -0.39 is 10.2 Å². The lowest BCUT2D eigenvalue weighted by atomic mass is 9.99. The Labute approximate surface area is 189 Å². The summed E-state index contributed by atoms with van der Waals surface area (Å²) in [7, 11) is -1.56. The van der Waals surface area contributed by atoms with E-state index in [0.29, 0.717) is 44.0 Å². The van der Waals surface area contributed by atoms with E-state index in [2.05, 4.69) is 16.0 Å². The molecular formula is C22H31N5O4S. The summed E-state index contributed by atoms with van der Waals surface area (Å²) in [5, 5.41) is 9.13. The van der Waals surface area contributed by atoms with E-state index in [-0.39, 0.29) is 29.9 Å². The molecule has 0 spiro atoms. The smallest absolute Gasteiger partial charge is 0.282 e. The summed E-state index contributed by atoms with van der Waals surface area (Å²) in [6.07, 6.45) is 4.92. The molecule has 9 nitrogen and oxygen atoms in total. The molecule has 3 fully saturated rings. The van der Waals surface area contributed by atoms with Crippen molar-refractivity contribution in [1.29, 1.82) is 0 Å². The summed E-state index contributed by atoms with van der Waals surface area (Å²) in [5.74, 6) is -0.222. The summed E-state index contributed by atoms with van der Waals surface area (Å²) in [4.78, 5) is 24.4. The highest BCUT2D eigenvalue weighted by Gasteiger charge is 2.49. The zero-order valence-corrected chi connectivity index (χ0v) is 19.2. The molecular weight excluding hydrogens is 430 g/mol. The van der Waals surface area contributed by atoms with Crippen molar-refractivity contribution < 1.29 is 18.0 Å². The van der Waals surface area contributed by atoms with Crippen molar-refractivity contribution in [2.75, 3.05) is 25.5 Å². The number of benzene rings is 1. The van der Waals surface area contributed by atoms with Gasteiger partial charge in [0.25, 0.3) is 16.1 Å². The number of amides is 2. The van der Waals surface area contributed by atoms with Crippen LogP contribution >= 0.6 is 0 Å². The van der Waals surface area contributed by atoms with Crippen molar-refractivity contribution in [1.82, 2.24) is 19.2 Å². The van der Waals surface area contributed by atoms with Gasteiger partial charge in [0.2, 0.25) is 5.91 Å². The molecule has 5 rings (SSSR count). The van der Waals surface area contributed by atoms with Crippen molar-refractivity contribution in [2.24, 2.45) is 0 Å². The summed E-state index contributed by atoms with van der Waals surface area (Å²) in [6, 6.07) is 5.47. The Hall–Kier alpha value is -2.01. The number of piperidine rings is 2. The average Bonchev–Trinajstić information content (AvgIpc) is 3.29. The zero-order chi connectivity index (χ0) is 22.5. The molecule has 4 aliphatic heterocycles. The van der Waals surface area contributed by atoms with Crippen molar-refractivity contribution >= 4 is 27.7 Å². The molecule has 2 bridgehead atoms. The van der Waals surface area contributed by atoms with Gasteiger partial charge in [-0.2, -0.15) is 17.0 Å². The minimum Gasteiger partial charge on any atom is -0.349 e. The van der Waals surface area contributed by atoms with E-state index >= 15 is 0 Å². The Morgan fingerprint density at radius 1 is 1.06 bits per heavy atom. The van der Waals surface area contributed by atoms with E-state index in [0.717, 1.165) is 36.9 Å². The number of carbonyl (C=O) groups is 2. The van der Waals surface area contributed by atoms with Crippen LogP contribution in [0.1, 0.15) is 54.4 Å². The molecule has 0 saturated carbocycles. The maximum absolute atomic E-state index is 13.4. The van der Waals surface area contributed by atoms with Crippen LogP contribution in [-0.2, 0) is 21.4 Å². The largest absolute Gasteiger partial charge is 0.349 e. The molecule has 4 aliphatic rings. The highest BCUT2D eigenvalue weighted by molar-refractivity contribution is 7.86. The standard InChI is InChI=1S/C22H31N5O4S/c1-23-16-6-8-26(9-7-16)32(30,31)27-18-3-4-19(27)13-17(12-18)24-22(29)14-2-5-20-15(10-14)11-21(28)25-20/h2,5,10,16-19,23H,3-4,6-9,11-13H2,1H3,(H,24,29)(H,25,28)/t17-,18+,19-. The van der Waals surface area contributed by atoms with E-state index in [9.17, 15) is 18.0 Å². The molecule has 0 aromatic heterocycles. The topological polar surface area (TPSA) is 111 Å². The third kappa shape index (κ3) is 3.93. The number of hydrogen-bond acceptors (Lipinski definition) is 5. The predicted molar refractivity (Wildman–Crippen MR) is 120 cm³/mol. The number of nitrogens with one attached hydrogen (secondary N) is 3. The van der Waals surface area contributed by atoms with E-state index in [1.165, 1.54) is 0 Å². The summed E-state index contributed by atoms with van der Waals surface area (Å²) < 4.78 is 30.2. The van der Waals surface area contributed by atoms with Crippen LogP contribution in [0.5, 0.6) is 0 Å². The molecule has 3 N–H and O–H groups in total. The Kier molecular flexibility index (Phi) is 5.73. The fourth-order valence-electron chi connectivity index (χ4n) is 5.78. The van der Waals surface area contributed by atoms with Crippen LogP contribution in [0.25, 0.3) is 0 Å². The third-order valence-electron chi connectivity index (χ3n) is 7.45. The van der Waals surface area contributed by atoms with Crippen LogP contribution in [0.15, 0.2) is 18.2 Å². The number of carbonyl (C=O) groups excluding carboxylic acids is 2. The molecule has 32 heavy (non-hydrogen) atoms. The zero-order valence-electron chi connectivity index (χ0n) is 18.3. The van der Waals surface area contributed by atoms with Crippen LogP contribution in [0, 0.1) is 0 Å². The second kappa shape index (κ2) is 8.40. The van der Waals surface area contributed by atoms with Gasteiger partial charge in [-0.1, -0.05) is 0 Å². The molecule has 2 amide bonds. The van der Waals surface area contributed by atoms with E-state index in [1.54, 1.807) is 26.8 Å². The number of rotatable bonds is 5. The molecule has 0 aliphatic carbocycles. The Bertz CT molecular complexity index is 1010. The monoisotopic (exact) mass is 461 g/mol. The van der Waals surface area contributed by atoms with Gasteiger partial charge in [0.1, 0.15) is 0 Å². The maximum Gasteiger partial charge on any atom is 0.282 e. The molecule has 1 aromatic carbocycles. The van der Waals surface area contributed by atoms with Crippen LogP contribution in [0.2, 0.25) is 0 Å². The van der Waals surface area contributed by atoms with Gasteiger partial charge in [-0.15, -0.1) is 0 Å². The molecule has 3 atom stereocenters. The second-order valence-corrected chi connectivity index (χ2v) is 11.3. The number of nitrogens with zero attached hydrogens (tertiary/aromatic N) is 2. The van der Waals surface area contributed by atoms with Crippen LogP contribution in [0.3, 0.4) is 0 Å². The van der Waals surface area contributed by atoms with Gasteiger partial charge in [0.15, 0.2) is 0 Å². The minimum atomic E-state index is -3.48. The minimum absolute atomic E-state index is 0.0468. The lowest BCUT2D eigenvalue weighted by molar-refractivity contribution is -0.115. The molecule has 0 unspecified atom stereocenters. The second-order valence-electron chi connectivity index (χ2n) is 9.42. The summed E-state index contributed by atoms with van der Waals surface area (Å²) >= 11 is 0. The average molecular weight is 462 g/mol. The van der Waals surface area contributed by atoms with Crippen LogP contribution < -0.4 is 16.0 Å². The summed E-state index contributed by atoms with van der Waals surface area (Å²) in [5.41, 5.74) is 2.14. The quantitative estimate of drug-likeness (QED) is 0.602. The molecule has 1 aromatic rings. The fraction of sp³-hybridized carbons (Fsp3) is 0.636.